The van der Waals surface area contributed by atoms with Crippen LogP contribution < -0.4 is 5.32 Å². The van der Waals surface area contributed by atoms with E-state index in [-0.39, 0.29) is 11.9 Å². The van der Waals surface area contributed by atoms with Crippen LogP contribution in [0.3, 0.4) is 0 Å². The van der Waals surface area contributed by atoms with E-state index in [0.717, 1.165) is 36.5 Å². The predicted octanol–water partition coefficient (Wildman–Crippen LogP) is 4.58. The molecule has 6 heteroatoms. The van der Waals surface area contributed by atoms with Crippen LogP contribution in [0.5, 0.6) is 0 Å². The molecule has 1 aromatic heterocycles. The van der Waals surface area contributed by atoms with Gasteiger partial charge in [0, 0.05) is 42.7 Å². The van der Waals surface area contributed by atoms with Crippen molar-refractivity contribution in [3.05, 3.63) is 76.6 Å². The van der Waals surface area contributed by atoms with E-state index in [0.29, 0.717) is 23.9 Å². The minimum absolute atomic E-state index is 0.136. The molecular formula is C23H24ClN3O2. The van der Waals surface area contributed by atoms with Crippen molar-refractivity contribution in [3.63, 3.8) is 0 Å². The van der Waals surface area contributed by atoms with Gasteiger partial charge in [0.2, 0.25) is 11.8 Å². The highest BCUT2D eigenvalue weighted by molar-refractivity contribution is 6.30. The topological polar surface area (TPSA) is 58.4 Å². The number of benzene rings is 2. The van der Waals surface area contributed by atoms with Crippen LogP contribution in [0, 0.1) is 6.92 Å². The lowest BCUT2D eigenvalue weighted by Crippen LogP contribution is -2.38. The highest BCUT2D eigenvalue weighted by atomic mass is 35.5. The molecule has 0 saturated carbocycles. The molecule has 1 saturated heterocycles. The average molecular weight is 410 g/mol. The molecule has 150 valence electrons. The van der Waals surface area contributed by atoms with E-state index in [1.165, 1.54) is 5.56 Å². The van der Waals surface area contributed by atoms with Gasteiger partial charge >= 0.3 is 0 Å². The van der Waals surface area contributed by atoms with Gasteiger partial charge in [-0.1, -0.05) is 41.9 Å². The number of hydrogen-bond donors (Lipinski definition) is 1. The second-order valence-electron chi connectivity index (χ2n) is 7.49. The fourth-order valence-electron chi connectivity index (χ4n) is 3.66. The molecule has 1 aliphatic rings. The molecule has 0 unspecified atom stereocenters. The highest BCUT2D eigenvalue weighted by Gasteiger charge is 2.24. The summed E-state index contributed by atoms with van der Waals surface area (Å²) in [6.45, 7) is 4.17. The van der Waals surface area contributed by atoms with Gasteiger partial charge < -0.3 is 9.73 Å². The lowest BCUT2D eigenvalue weighted by atomic mass is 10.1. The number of aryl methyl sites for hydroxylation is 1. The Morgan fingerprint density at radius 1 is 1.14 bits per heavy atom. The number of carbonyl (C=O) groups is 1. The third-order valence-electron chi connectivity index (χ3n) is 5.17. The van der Waals surface area contributed by atoms with Gasteiger partial charge in [-0.15, -0.1) is 0 Å². The Hall–Kier alpha value is -2.63. The normalized spacial score (nSPS) is 16.4. The number of oxazole rings is 1. The lowest BCUT2D eigenvalue weighted by Gasteiger charge is -2.25. The molecular weight excluding hydrogens is 386 g/mol. The summed E-state index contributed by atoms with van der Waals surface area (Å²) in [5.41, 5.74) is 3.05. The van der Waals surface area contributed by atoms with Gasteiger partial charge in [0.05, 0.1) is 5.69 Å². The average Bonchev–Trinajstić information content (AvgIpc) is 3.28. The molecule has 1 aliphatic heterocycles. The SMILES string of the molecule is Cc1oc(-c2ccc(Cl)cc2)nc1CN(Cc1ccccc1)C[C@@H]1CCC(=O)N1. The zero-order valence-electron chi connectivity index (χ0n) is 16.4. The number of halogens is 1. The maximum atomic E-state index is 11.6. The first-order chi connectivity index (χ1) is 14.1. The fraction of sp³-hybridized carbons (Fsp3) is 0.304. The molecule has 29 heavy (non-hydrogen) atoms. The molecule has 0 spiro atoms. The number of amides is 1. The van der Waals surface area contributed by atoms with Gasteiger partial charge in [-0.2, -0.15) is 0 Å². The van der Waals surface area contributed by atoms with E-state index >= 15 is 0 Å². The van der Waals surface area contributed by atoms with Gasteiger partial charge in [-0.25, -0.2) is 4.98 Å². The van der Waals surface area contributed by atoms with Crippen molar-refractivity contribution in [1.82, 2.24) is 15.2 Å². The first kappa shape index (κ1) is 19.7. The van der Waals surface area contributed by atoms with Crippen LogP contribution in [0.25, 0.3) is 11.5 Å². The van der Waals surface area contributed by atoms with Crippen molar-refractivity contribution in [2.24, 2.45) is 0 Å². The Bertz CT molecular complexity index is 970. The summed E-state index contributed by atoms with van der Waals surface area (Å²) in [5.74, 6) is 1.55. The maximum absolute atomic E-state index is 11.6. The Morgan fingerprint density at radius 3 is 2.59 bits per heavy atom. The van der Waals surface area contributed by atoms with Gasteiger partial charge in [-0.3, -0.25) is 9.69 Å². The molecule has 0 radical (unpaired) electrons. The summed E-state index contributed by atoms with van der Waals surface area (Å²) < 4.78 is 5.93. The first-order valence-corrected chi connectivity index (χ1v) is 10.2. The van der Waals surface area contributed by atoms with Gasteiger partial charge in [0.1, 0.15) is 5.76 Å². The van der Waals surface area contributed by atoms with Crippen LogP contribution in [0.1, 0.15) is 29.9 Å². The Morgan fingerprint density at radius 2 is 1.90 bits per heavy atom. The van der Waals surface area contributed by atoms with Gasteiger partial charge in [0.15, 0.2) is 0 Å². The van der Waals surface area contributed by atoms with Crippen molar-refractivity contribution in [1.29, 1.82) is 0 Å². The monoisotopic (exact) mass is 409 g/mol. The van der Waals surface area contributed by atoms with E-state index in [1.54, 1.807) is 0 Å². The van der Waals surface area contributed by atoms with Gasteiger partial charge in [0.25, 0.3) is 0 Å². The number of aromatic nitrogens is 1. The molecule has 1 fully saturated rings. The standard InChI is InChI=1S/C23H24ClN3O2/c1-16-21(26-23(29-16)18-7-9-19(24)10-8-18)15-27(13-17-5-3-2-4-6-17)14-20-11-12-22(28)25-20/h2-10,20H,11-15H2,1H3,(H,25,28)/t20-/m0/s1. The van der Waals surface area contributed by atoms with Crippen molar-refractivity contribution in [3.8, 4) is 11.5 Å². The van der Waals surface area contributed by atoms with Crippen LogP contribution in [-0.2, 0) is 17.9 Å². The lowest BCUT2D eigenvalue weighted by molar-refractivity contribution is -0.119. The van der Waals surface area contributed by atoms with E-state index in [2.05, 4.69) is 22.3 Å². The molecule has 4 rings (SSSR count). The second-order valence-corrected chi connectivity index (χ2v) is 7.92. The quantitative estimate of drug-likeness (QED) is 0.620. The Balaban J connectivity index is 1.53. The minimum Gasteiger partial charge on any atom is -0.441 e. The summed E-state index contributed by atoms with van der Waals surface area (Å²) >= 11 is 5.99. The Kier molecular flexibility index (Phi) is 5.97. The first-order valence-electron chi connectivity index (χ1n) is 9.85. The number of nitrogens with one attached hydrogen (secondary N) is 1. The maximum Gasteiger partial charge on any atom is 0.226 e. The minimum atomic E-state index is 0.136. The van der Waals surface area contributed by atoms with Crippen LogP contribution in [0.15, 0.2) is 59.0 Å². The molecule has 0 bridgehead atoms. The summed E-state index contributed by atoms with van der Waals surface area (Å²) in [6.07, 6.45) is 1.48. The number of hydrogen-bond acceptors (Lipinski definition) is 4. The van der Waals surface area contributed by atoms with E-state index in [4.69, 9.17) is 21.0 Å². The van der Waals surface area contributed by atoms with Crippen molar-refractivity contribution in [2.45, 2.75) is 38.9 Å². The zero-order chi connectivity index (χ0) is 20.2. The van der Waals surface area contributed by atoms with Crippen LogP contribution in [-0.4, -0.2) is 28.4 Å². The molecule has 1 amide bonds. The molecule has 1 N–H and O–H groups in total. The van der Waals surface area contributed by atoms with E-state index < -0.39 is 0 Å². The fourth-order valence-corrected chi connectivity index (χ4v) is 3.78. The van der Waals surface area contributed by atoms with Crippen LogP contribution in [0.2, 0.25) is 5.02 Å². The van der Waals surface area contributed by atoms with E-state index in [9.17, 15) is 4.79 Å². The number of rotatable bonds is 7. The summed E-state index contributed by atoms with van der Waals surface area (Å²) in [6, 6.07) is 18.0. The smallest absolute Gasteiger partial charge is 0.226 e. The third kappa shape index (κ3) is 5.05. The van der Waals surface area contributed by atoms with Crippen LogP contribution >= 0.6 is 11.6 Å². The number of nitrogens with zero attached hydrogens (tertiary/aromatic N) is 2. The third-order valence-corrected chi connectivity index (χ3v) is 5.42. The largest absolute Gasteiger partial charge is 0.441 e. The summed E-state index contributed by atoms with van der Waals surface area (Å²) in [4.78, 5) is 18.7. The second kappa shape index (κ2) is 8.80. The predicted molar refractivity (Wildman–Crippen MR) is 113 cm³/mol. The highest BCUT2D eigenvalue weighted by Crippen LogP contribution is 2.25. The molecule has 2 heterocycles. The number of carbonyl (C=O) groups excluding carboxylic acids is 1. The summed E-state index contributed by atoms with van der Waals surface area (Å²) in [5, 5.41) is 3.75. The van der Waals surface area contributed by atoms with Crippen molar-refractivity contribution in [2.75, 3.05) is 6.54 Å². The molecule has 1 atom stereocenters. The zero-order valence-corrected chi connectivity index (χ0v) is 17.2. The van der Waals surface area contributed by atoms with Crippen molar-refractivity contribution >= 4 is 17.5 Å². The van der Waals surface area contributed by atoms with Crippen LogP contribution in [0.4, 0.5) is 0 Å². The molecule has 2 aromatic carbocycles. The van der Waals surface area contributed by atoms with E-state index in [1.807, 2.05) is 49.4 Å². The summed E-state index contributed by atoms with van der Waals surface area (Å²) in [7, 11) is 0. The molecule has 3 aromatic rings. The molecule has 0 aliphatic carbocycles. The van der Waals surface area contributed by atoms with Gasteiger partial charge in [-0.05, 0) is 43.2 Å². The Labute approximate surface area is 175 Å². The molecule has 5 nitrogen and oxygen atoms in total. The van der Waals surface area contributed by atoms with Crippen molar-refractivity contribution < 1.29 is 9.21 Å².